The summed E-state index contributed by atoms with van der Waals surface area (Å²) >= 11 is 0. The molecule has 1 fully saturated rings. The van der Waals surface area contributed by atoms with E-state index < -0.39 is 5.79 Å². The fraction of sp³-hybridized carbons (Fsp3) is 0.429. The zero-order valence-electron chi connectivity index (χ0n) is 5.82. The smallest absolute Gasteiger partial charge is 0.214 e. The first-order chi connectivity index (χ1) is 5.31. The molecule has 4 nitrogen and oxygen atoms in total. The van der Waals surface area contributed by atoms with Gasteiger partial charge in [-0.1, -0.05) is 0 Å². The fourth-order valence-electron chi connectivity index (χ4n) is 0.939. The van der Waals surface area contributed by atoms with Crippen LogP contribution in [-0.4, -0.2) is 21.7 Å². The molecule has 1 aliphatic rings. The molecule has 11 heavy (non-hydrogen) atoms. The highest BCUT2D eigenvalue weighted by atomic mass is 16.6. The molecule has 1 radical (unpaired) electrons. The highest BCUT2D eigenvalue weighted by Gasteiger charge is 2.39. The molecule has 4 heteroatoms. The fourth-order valence-corrected chi connectivity index (χ4v) is 0.939. The number of nitrogens with zero attached hydrogens (tertiary/aromatic N) is 2. The van der Waals surface area contributed by atoms with Gasteiger partial charge in [0.1, 0.15) is 11.9 Å². The van der Waals surface area contributed by atoms with Crippen molar-refractivity contribution in [3.63, 3.8) is 0 Å². The van der Waals surface area contributed by atoms with Crippen molar-refractivity contribution < 1.29 is 9.84 Å². The maximum atomic E-state index is 9.53. The SMILES string of the molecule is OC1(c2[c]nccn2)CCO1. The second-order valence-electron chi connectivity index (χ2n) is 2.40. The summed E-state index contributed by atoms with van der Waals surface area (Å²) in [4.78, 5) is 7.58. The Balaban J connectivity index is 2.29. The highest BCUT2D eigenvalue weighted by Crippen LogP contribution is 2.31. The van der Waals surface area contributed by atoms with Gasteiger partial charge >= 0.3 is 0 Å². The van der Waals surface area contributed by atoms with Crippen LogP contribution in [-0.2, 0) is 10.5 Å². The molecule has 1 unspecified atom stereocenters. The average molecular weight is 151 g/mol. The predicted molar refractivity (Wildman–Crippen MR) is 35.3 cm³/mol. The molecule has 0 aromatic carbocycles. The number of hydrogen-bond acceptors (Lipinski definition) is 4. The van der Waals surface area contributed by atoms with Crippen LogP contribution in [0.15, 0.2) is 12.4 Å². The summed E-state index contributed by atoms with van der Waals surface area (Å²) in [6, 6.07) is 0. The Morgan fingerprint density at radius 1 is 1.64 bits per heavy atom. The molecule has 1 aromatic heterocycles. The normalized spacial score (nSPS) is 29.5. The molecule has 1 atom stereocenters. The molecule has 57 valence electrons. The van der Waals surface area contributed by atoms with E-state index >= 15 is 0 Å². The van der Waals surface area contributed by atoms with E-state index in [4.69, 9.17) is 4.74 Å². The first-order valence-corrected chi connectivity index (χ1v) is 3.37. The summed E-state index contributed by atoms with van der Waals surface area (Å²) in [7, 11) is 0. The van der Waals surface area contributed by atoms with Crippen molar-refractivity contribution in [2.75, 3.05) is 6.61 Å². The maximum Gasteiger partial charge on any atom is 0.214 e. The van der Waals surface area contributed by atoms with Gasteiger partial charge in [-0.2, -0.15) is 0 Å². The van der Waals surface area contributed by atoms with E-state index in [-0.39, 0.29) is 0 Å². The van der Waals surface area contributed by atoms with Gasteiger partial charge in [0.25, 0.3) is 0 Å². The van der Waals surface area contributed by atoms with Crippen LogP contribution in [0.3, 0.4) is 0 Å². The van der Waals surface area contributed by atoms with Gasteiger partial charge in [-0.25, -0.2) is 0 Å². The van der Waals surface area contributed by atoms with Crippen LogP contribution in [0.2, 0.25) is 0 Å². The zero-order valence-corrected chi connectivity index (χ0v) is 5.82. The second kappa shape index (κ2) is 2.25. The molecule has 1 aromatic rings. The Labute approximate surface area is 63.9 Å². The van der Waals surface area contributed by atoms with Crippen LogP contribution in [0.4, 0.5) is 0 Å². The van der Waals surface area contributed by atoms with E-state index in [1.54, 1.807) is 0 Å². The van der Waals surface area contributed by atoms with E-state index in [0.29, 0.717) is 18.7 Å². The van der Waals surface area contributed by atoms with Crippen LogP contribution in [0.5, 0.6) is 0 Å². The zero-order chi connectivity index (χ0) is 7.73. The van der Waals surface area contributed by atoms with Crippen molar-refractivity contribution in [3.05, 3.63) is 24.3 Å². The van der Waals surface area contributed by atoms with Gasteiger partial charge in [0, 0.05) is 18.8 Å². The maximum absolute atomic E-state index is 9.53. The monoisotopic (exact) mass is 151 g/mol. The van der Waals surface area contributed by atoms with Gasteiger partial charge in [-0.05, 0) is 0 Å². The van der Waals surface area contributed by atoms with Crippen molar-refractivity contribution in [1.29, 1.82) is 0 Å². The predicted octanol–water partition coefficient (Wildman–Crippen LogP) is -0.158. The van der Waals surface area contributed by atoms with Crippen molar-refractivity contribution in [2.45, 2.75) is 12.2 Å². The summed E-state index contributed by atoms with van der Waals surface area (Å²) in [5, 5.41) is 9.53. The number of ether oxygens (including phenoxy) is 1. The number of aromatic nitrogens is 2. The Hall–Kier alpha value is -1.00. The third kappa shape index (κ3) is 1.00. The van der Waals surface area contributed by atoms with E-state index in [9.17, 15) is 5.11 Å². The summed E-state index contributed by atoms with van der Waals surface area (Å²) in [6.07, 6.45) is 6.16. The van der Waals surface area contributed by atoms with Crippen LogP contribution in [0, 0.1) is 6.20 Å². The van der Waals surface area contributed by atoms with E-state index in [1.165, 1.54) is 12.4 Å². The molecule has 2 heterocycles. The highest BCUT2D eigenvalue weighted by molar-refractivity contribution is 5.04. The van der Waals surface area contributed by atoms with E-state index in [0.717, 1.165) is 0 Å². The number of aliphatic hydroxyl groups is 1. The van der Waals surface area contributed by atoms with Crippen molar-refractivity contribution >= 4 is 0 Å². The molecule has 2 rings (SSSR count). The summed E-state index contributed by atoms with van der Waals surface area (Å²) in [6.45, 7) is 0.570. The van der Waals surface area contributed by atoms with Crippen molar-refractivity contribution in [1.82, 2.24) is 9.97 Å². The molecule has 1 saturated heterocycles. The largest absolute Gasteiger partial charge is 0.360 e. The van der Waals surface area contributed by atoms with Crippen LogP contribution >= 0.6 is 0 Å². The number of rotatable bonds is 1. The Kier molecular flexibility index (Phi) is 1.37. The molecular weight excluding hydrogens is 144 g/mol. The Morgan fingerprint density at radius 2 is 2.45 bits per heavy atom. The molecule has 0 saturated carbocycles. The molecule has 1 aliphatic heterocycles. The third-order valence-corrected chi connectivity index (χ3v) is 1.67. The molecule has 0 bridgehead atoms. The second-order valence-corrected chi connectivity index (χ2v) is 2.40. The van der Waals surface area contributed by atoms with Crippen molar-refractivity contribution in [3.8, 4) is 0 Å². The first kappa shape index (κ1) is 6.69. The lowest BCUT2D eigenvalue weighted by atomic mass is 10.1. The standard InChI is InChI=1S/C7H7N2O2/c10-7(1-4-11-7)6-5-8-2-3-9-6/h2-3,10H,1,4H2. The Bertz CT molecular complexity index is 246. The van der Waals surface area contributed by atoms with Gasteiger partial charge in [0.05, 0.1) is 6.61 Å². The quantitative estimate of drug-likeness (QED) is 0.606. The van der Waals surface area contributed by atoms with Crippen molar-refractivity contribution in [2.24, 2.45) is 0 Å². The van der Waals surface area contributed by atoms with Crippen LogP contribution in [0.1, 0.15) is 12.1 Å². The van der Waals surface area contributed by atoms with Gasteiger partial charge in [-0.3, -0.25) is 9.97 Å². The van der Waals surface area contributed by atoms with Gasteiger partial charge < -0.3 is 9.84 Å². The minimum Gasteiger partial charge on any atom is -0.360 e. The Morgan fingerprint density at radius 3 is 2.91 bits per heavy atom. The van der Waals surface area contributed by atoms with Crippen LogP contribution in [0.25, 0.3) is 0 Å². The van der Waals surface area contributed by atoms with Gasteiger partial charge in [0.2, 0.25) is 5.79 Å². The van der Waals surface area contributed by atoms with Gasteiger partial charge in [0.15, 0.2) is 0 Å². The minimum atomic E-state index is -1.21. The molecule has 0 spiro atoms. The molecular formula is C7H7N2O2. The summed E-state index contributed by atoms with van der Waals surface area (Å²) in [5.41, 5.74) is 0.367. The summed E-state index contributed by atoms with van der Waals surface area (Å²) < 4.78 is 4.93. The first-order valence-electron chi connectivity index (χ1n) is 3.37. The van der Waals surface area contributed by atoms with Crippen LogP contribution < -0.4 is 0 Å². The summed E-state index contributed by atoms with van der Waals surface area (Å²) in [5.74, 6) is -1.21. The molecule has 0 aliphatic carbocycles. The van der Waals surface area contributed by atoms with E-state index in [1.807, 2.05) is 0 Å². The lowest BCUT2D eigenvalue weighted by molar-refractivity contribution is -0.294. The third-order valence-electron chi connectivity index (χ3n) is 1.67. The van der Waals surface area contributed by atoms with E-state index in [2.05, 4.69) is 16.2 Å². The minimum absolute atomic E-state index is 0.367. The molecule has 1 N–H and O–H groups in total. The topological polar surface area (TPSA) is 55.2 Å². The average Bonchev–Trinajstić information content (AvgIpc) is 2.02. The lowest BCUT2D eigenvalue weighted by Crippen LogP contribution is -2.41. The number of hydrogen-bond donors (Lipinski definition) is 1. The molecule has 0 amide bonds. The lowest BCUT2D eigenvalue weighted by Gasteiger charge is -2.35. The van der Waals surface area contributed by atoms with Gasteiger partial charge in [-0.15, -0.1) is 0 Å².